The highest BCUT2D eigenvalue weighted by Crippen LogP contribution is 2.31. The Labute approximate surface area is 129 Å². The molecule has 0 aliphatic carbocycles. The molecule has 4 nitrogen and oxygen atoms in total. The van der Waals surface area contributed by atoms with E-state index in [-0.39, 0.29) is 5.91 Å². The largest absolute Gasteiger partial charge is 0.496 e. The Morgan fingerprint density at radius 2 is 2.10 bits per heavy atom. The van der Waals surface area contributed by atoms with E-state index in [0.29, 0.717) is 6.54 Å². The van der Waals surface area contributed by atoms with Crippen molar-refractivity contribution in [2.45, 2.75) is 32.7 Å². The molecular formula is C16H20N2O2S. The van der Waals surface area contributed by atoms with Gasteiger partial charge >= 0.3 is 0 Å². The van der Waals surface area contributed by atoms with Gasteiger partial charge in [-0.2, -0.15) is 0 Å². The number of ether oxygens (including phenoxy) is 1. The van der Waals surface area contributed by atoms with Gasteiger partial charge in [-0.3, -0.25) is 4.79 Å². The van der Waals surface area contributed by atoms with Crippen LogP contribution in [0.25, 0.3) is 0 Å². The summed E-state index contributed by atoms with van der Waals surface area (Å²) < 4.78 is 5.36. The summed E-state index contributed by atoms with van der Waals surface area (Å²) in [6.45, 7) is 6.19. The normalized spacial score (nSPS) is 11.2. The van der Waals surface area contributed by atoms with Crippen LogP contribution in [0.2, 0.25) is 0 Å². The van der Waals surface area contributed by atoms with E-state index in [9.17, 15) is 4.79 Å². The van der Waals surface area contributed by atoms with E-state index in [2.05, 4.69) is 10.3 Å². The molecule has 0 atom stereocenters. The Balaban J connectivity index is 2.12. The number of nitrogens with one attached hydrogen (secondary N) is 1. The lowest BCUT2D eigenvalue weighted by Crippen LogP contribution is -2.39. The zero-order chi connectivity index (χ0) is 15.5. The third kappa shape index (κ3) is 3.42. The number of para-hydroxylation sites is 1. The third-order valence-corrected chi connectivity index (χ3v) is 4.38. The van der Waals surface area contributed by atoms with Crippen LogP contribution in [0.1, 0.15) is 30.1 Å². The molecule has 0 saturated carbocycles. The molecule has 1 amide bonds. The summed E-state index contributed by atoms with van der Waals surface area (Å²) in [4.78, 5) is 16.9. The van der Waals surface area contributed by atoms with Gasteiger partial charge in [0.1, 0.15) is 10.8 Å². The molecule has 1 N–H and O–H groups in total. The van der Waals surface area contributed by atoms with Gasteiger partial charge in [-0.25, -0.2) is 4.98 Å². The van der Waals surface area contributed by atoms with Crippen LogP contribution in [0.4, 0.5) is 0 Å². The molecule has 0 saturated heterocycles. The Bertz CT molecular complexity index is 635. The second-order valence-corrected chi connectivity index (χ2v) is 6.33. The lowest BCUT2D eigenvalue weighted by Gasteiger charge is -2.25. The van der Waals surface area contributed by atoms with Crippen molar-refractivity contribution in [3.63, 3.8) is 0 Å². The van der Waals surface area contributed by atoms with E-state index in [1.165, 1.54) is 0 Å². The highest BCUT2D eigenvalue weighted by Gasteiger charge is 2.32. The van der Waals surface area contributed by atoms with Crippen molar-refractivity contribution < 1.29 is 9.53 Å². The van der Waals surface area contributed by atoms with Crippen molar-refractivity contribution >= 4 is 17.2 Å². The van der Waals surface area contributed by atoms with Crippen molar-refractivity contribution in [3.05, 3.63) is 45.9 Å². The van der Waals surface area contributed by atoms with E-state index < -0.39 is 5.41 Å². The average Bonchev–Trinajstić information content (AvgIpc) is 2.90. The standard InChI is InChI=1S/C16H20N2O2S/c1-11-10-21-14(18-11)9-17-15(19)16(2,3)12-7-5-6-8-13(12)20-4/h5-8,10H,9H2,1-4H3,(H,17,19). The second kappa shape index (κ2) is 6.26. The monoisotopic (exact) mass is 304 g/mol. The van der Waals surface area contributed by atoms with E-state index in [1.54, 1.807) is 18.4 Å². The first kappa shape index (κ1) is 15.5. The zero-order valence-electron chi connectivity index (χ0n) is 12.8. The van der Waals surface area contributed by atoms with Crippen molar-refractivity contribution in [1.82, 2.24) is 10.3 Å². The van der Waals surface area contributed by atoms with Crippen molar-refractivity contribution in [3.8, 4) is 5.75 Å². The number of benzene rings is 1. The van der Waals surface area contributed by atoms with Crippen LogP contribution in [0, 0.1) is 6.92 Å². The molecule has 21 heavy (non-hydrogen) atoms. The first-order valence-corrected chi connectivity index (χ1v) is 7.66. The number of methoxy groups -OCH3 is 1. The number of carbonyl (C=O) groups is 1. The molecule has 112 valence electrons. The fourth-order valence-electron chi connectivity index (χ4n) is 2.14. The van der Waals surface area contributed by atoms with Crippen LogP contribution in [0.15, 0.2) is 29.6 Å². The number of amides is 1. The molecule has 0 unspecified atom stereocenters. The number of nitrogens with zero attached hydrogens (tertiary/aromatic N) is 1. The van der Waals surface area contributed by atoms with Gasteiger partial charge in [-0.1, -0.05) is 18.2 Å². The summed E-state index contributed by atoms with van der Waals surface area (Å²) in [5.74, 6) is 0.683. The van der Waals surface area contributed by atoms with Crippen molar-refractivity contribution in [2.24, 2.45) is 0 Å². The smallest absolute Gasteiger partial charge is 0.230 e. The van der Waals surface area contributed by atoms with Crippen molar-refractivity contribution in [1.29, 1.82) is 0 Å². The number of hydrogen-bond donors (Lipinski definition) is 1. The van der Waals surface area contributed by atoms with Crippen LogP contribution in [-0.2, 0) is 16.8 Å². The summed E-state index contributed by atoms with van der Waals surface area (Å²) in [6, 6.07) is 7.60. The molecule has 0 radical (unpaired) electrons. The minimum Gasteiger partial charge on any atom is -0.496 e. The predicted octanol–water partition coefficient (Wildman–Crippen LogP) is 3.05. The van der Waals surface area contributed by atoms with Crippen LogP contribution < -0.4 is 10.1 Å². The molecule has 0 bridgehead atoms. The van der Waals surface area contributed by atoms with Crippen molar-refractivity contribution in [2.75, 3.05) is 7.11 Å². The minimum absolute atomic E-state index is 0.0418. The van der Waals surface area contributed by atoms with Crippen LogP contribution in [-0.4, -0.2) is 18.0 Å². The van der Waals surface area contributed by atoms with Gasteiger partial charge in [0.15, 0.2) is 0 Å². The second-order valence-electron chi connectivity index (χ2n) is 5.39. The fraction of sp³-hybridized carbons (Fsp3) is 0.375. The van der Waals surface area contributed by atoms with Crippen LogP contribution in [0.5, 0.6) is 5.75 Å². The minimum atomic E-state index is -0.668. The van der Waals surface area contributed by atoms with E-state index in [0.717, 1.165) is 22.0 Å². The summed E-state index contributed by atoms with van der Waals surface area (Å²) in [5.41, 5.74) is 1.19. The number of aromatic nitrogens is 1. The summed E-state index contributed by atoms with van der Waals surface area (Å²) >= 11 is 1.56. The molecular weight excluding hydrogens is 284 g/mol. The van der Waals surface area contributed by atoms with Crippen LogP contribution >= 0.6 is 11.3 Å². The number of aryl methyl sites for hydroxylation is 1. The van der Waals surface area contributed by atoms with Gasteiger partial charge in [-0.15, -0.1) is 11.3 Å². The molecule has 0 spiro atoms. The Morgan fingerprint density at radius 1 is 1.38 bits per heavy atom. The maximum absolute atomic E-state index is 12.5. The lowest BCUT2D eigenvalue weighted by molar-refractivity contribution is -0.125. The predicted molar refractivity (Wildman–Crippen MR) is 84.7 cm³/mol. The summed E-state index contributed by atoms with van der Waals surface area (Å²) in [5, 5.41) is 5.85. The molecule has 0 aliphatic rings. The molecule has 2 rings (SSSR count). The molecule has 1 aromatic heterocycles. The quantitative estimate of drug-likeness (QED) is 0.923. The molecule has 1 aromatic carbocycles. The van der Waals surface area contributed by atoms with E-state index in [4.69, 9.17) is 4.74 Å². The van der Waals surface area contributed by atoms with Gasteiger partial charge in [-0.05, 0) is 26.8 Å². The Kier molecular flexibility index (Phi) is 4.63. The average molecular weight is 304 g/mol. The molecule has 2 aromatic rings. The molecule has 0 fully saturated rings. The van der Waals surface area contributed by atoms with E-state index >= 15 is 0 Å². The SMILES string of the molecule is COc1ccccc1C(C)(C)C(=O)NCc1nc(C)cs1. The first-order chi connectivity index (χ1) is 9.95. The highest BCUT2D eigenvalue weighted by molar-refractivity contribution is 7.09. The topological polar surface area (TPSA) is 51.2 Å². The van der Waals surface area contributed by atoms with Gasteiger partial charge in [0, 0.05) is 16.6 Å². The summed E-state index contributed by atoms with van der Waals surface area (Å²) in [7, 11) is 1.62. The highest BCUT2D eigenvalue weighted by atomic mass is 32.1. The molecule has 0 aliphatic heterocycles. The number of rotatable bonds is 5. The Morgan fingerprint density at radius 3 is 2.71 bits per heavy atom. The maximum Gasteiger partial charge on any atom is 0.230 e. The lowest BCUT2D eigenvalue weighted by atomic mass is 9.83. The molecule has 1 heterocycles. The zero-order valence-corrected chi connectivity index (χ0v) is 13.6. The van der Waals surface area contributed by atoms with Gasteiger partial charge in [0.05, 0.1) is 19.1 Å². The van der Waals surface area contributed by atoms with Gasteiger partial charge in [0.2, 0.25) is 5.91 Å². The van der Waals surface area contributed by atoms with Crippen LogP contribution in [0.3, 0.4) is 0 Å². The number of carbonyl (C=O) groups excluding carboxylic acids is 1. The van der Waals surface area contributed by atoms with E-state index in [1.807, 2.05) is 50.4 Å². The summed E-state index contributed by atoms with van der Waals surface area (Å²) in [6.07, 6.45) is 0. The fourth-order valence-corrected chi connectivity index (χ4v) is 2.86. The maximum atomic E-state index is 12.5. The Hall–Kier alpha value is -1.88. The molecule has 5 heteroatoms. The van der Waals surface area contributed by atoms with Gasteiger partial charge < -0.3 is 10.1 Å². The first-order valence-electron chi connectivity index (χ1n) is 6.78. The number of thiazole rings is 1. The van der Waals surface area contributed by atoms with Gasteiger partial charge in [0.25, 0.3) is 0 Å². The number of hydrogen-bond acceptors (Lipinski definition) is 4. The third-order valence-electron chi connectivity index (χ3n) is 3.41.